The van der Waals surface area contributed by atoms with Crippen molar-refractivity contribution in [2.75, 3.05) is 44.5 Å². The molecule has 2 aliphatic heterocycles. The fourth-order valence-electron chi connectivity index (χ4n) is 7.19. The number of carbonyl (C=O) groups excluding carboxylic acids is 1. The van der Waals surface area contributed by atoms with Gasteiger partial charge in [0, 0.05) is 31.4 Å². The van der Waals surface area contributed by atoms with E-state index in [4.69, 9.17) is 34.1 Å². The van der Waals surface area contributed by atoms with Crippen LogP contribution in [-0.4, -0.2) is 84.1 Å². The minimum atomic E-state index is -0.398. The molecule has 0 bridgehead atoms. The zero-order chi connectivity index (χ0) is 39.1. The van der Waals surface area contributed by atoms with Crippen molar-refractivity contribution in [1.29, 1.82) is 5.41 Å². The summed E-state index contributed by atoms with van der Waals surface area (Å²) in [5.74, 6) is 2.49. The van der Waals surface area contributed by atoms with E-state index in [1.165, 1.54) is 0 Å². The number of amidine groups is 1. The number of hydrogen-bond acceptors (Lipinski definition) is 11. The molecule has 0 spiro atoms. The van der Waals surface area contributed by atoms with Crippen molar-refractivity contribution >= 4 is 34.9 Å². The van der Waals surface area contributed by atoms with Gasteiger partial charge in [0.2, 0.25) is 5.95 Å². The molecule has 4 aromatic rings. The second-order valence-electron chi connectivity index (χ2n) is 15.7. The molecule has 2 saturated heterocycles. The summed E-state index contributed by atoms with van der Waals surface area (Å²) in [7, 11) is 0. The van der Waals surface area contributed by atoms with Crippen LogP contribution in [0.3, 0.4) is 0 Å². The van der Waals surface area contributed by atoms with Crippen molar-refractivity contribution in [2.45, 2.75) is 90.7 Å². The van der Waals surface area contributed by atoms with Gasteiger partial charge in [0.1, 0.15) is 30.0 Å². The van der Waals surface area contributed by atoms with E-state index >= 15 is 0 Å². The van der Waals surface area contributed by atoms with Crippen molar-refractivity contribution in [3.63, 3.8) is 0 Å². The topological polar surface area (TPSA) is 157 Å². The summed E-state index contributed by atoms with van der Waals surface area (Å²) in [6.07, 6.45) is 6.19. The Hall–Kier alpha value is -5.05. The third-order valence-corrected chi connectivity index (χ3v) is 10.4. The zero-order valence-corrected chi connectivity index (χ0v) is 32.8. The minimum Gasteiger partial charge on any atom is -0.491 e. The third-order valence-electron chi connectivity index (χ3n) is 10.4. The van der Waals surface area contributed by atoms with Gasteiger partial charge in [0.25, 0.3) is 0 Å². The van der Waals surface area contributed by atoms with Gasteiger partial charge in [-0.3, -0.25) is 9.72 Å². The van der Waals surface area contributed by atoms with Crippen LogP contribution < -0.4 is 25.0 Å². The minimum absolute atomic E-state index is 0.168. The predicted molar refractivity (Wildman–Crippen MR) is 214 cm³/mol. The molecule has 2 aromatic heterocycles. The lowest BCUT2D eigenvalue weighted by molar-refractivity contribution is -0.165. The van der Waals surface area contributed by atoms with Crippen molar-refractivity contribution in [1.82, 2.24) is 25.2 Å². The fourth-order valence-corrected chi connectivity index (χ4v) is 7.19. The maximum Gasteiger partial charge on any atom is 0.320 e. The van der Waals surface area contributed by atoms with Gasteiger partial charge in [-0.05, 0) is 79.8 Å². The molecule has 14 nitrogen and oxygen atoms in total. The molecule has 4 atom stereocenters. The quantitative estimate of drug-likeness (QED) is 0.0764. The lowest BCUT2D eigenvalue weighted by atomic mass is 9.85. The summed E-state index contributed by atoms with van der Waals surface area (Å²) >= 11 is 0. The first-order valence-electron chi connectivity index (χ1n) is 19.7. The van der Waals surface area contributed by atoms with Gasteiger partial charge in [0.15, 0.2) is 11.9 Å². The number of aromatic nitrogens is 3. The Morgan fingerprint density at radius 2 is 1.84 bits per heavy atom. The molecular weight excluding hydrogens is 713 g/mol. The van der Waals surface area contributed by atoms with Gasteiger partial charge >= 0.3 is 6.03 Å². The highest BCUT2D eigenvalue weighted by Crippen LogP contribution is 2.39. The van der Waals surface area contributed by atoms with E-state index in [0.717, 1.165) is 55.1 Å². The Bertz CT molecular complexity index is 2000. The van der Waals surface area contributed by atoms with Crippen LogP contribution in [0.2, 0.25) is 0 Å². The van der Waals surface area contributed by atoms with Gasteiger partial charge < -0.3 is 39.3 Å². The van der Waals surface area contributed by atoms with Crippen LogP contribution >= 0.6 is 0 Å². The maximum absolute atomic E-state index is 13.7. The average molecular weight is 767 g/mol. The number of anilines is 1. The van der Waals surface area contributed by atoms with Gasteiger partial charge in [-0.2, -0.15) is 0 Å². The van der Waals surface area contributed by atoms with Gasteiger partial charge in [-0.25, -0.2) is 9.79 Å². The summed E-state index contributed by atoms with van der Waals surface area (Å²) < 4.78 is 31.6. The summed E-state index contributed by atoms with van der Waals surface area (Å²) in [5, 5.41) is 23.8. The van der Waals surface area contributed by atoms with E-state index < -0.39 is 5.41 Å². The molecule has 56 heavy (non-hydrogen) atoms. The van der Waals surface area contributed by atoms with Crippen LogP contribution in [0.1, 0.15) is 89.5 Å². The number of rotatable bonds is 12. The van der Waals surface area contributed by atoms with E-state index in [-0.39, 0.29) is 36.9 Å². The molecule has 14 heteroatoms. The van der Waals surface area contributed by atoms with Gasteiger partial charge in [-0.15, -0.1) is 10.2 Å². The van der Waals surface area contributed by atoms with Crippen LogP contribution in [0.25, 0.3) is 5.65 Å². The van der Waals surface area contributed by atoms with E-state index in [0.29, 0.717) is 68.0 Å². The highest BCUT2D eigenvalue weighted by molar-refractivity contribution is 6.09. The smallest absolute Gasteiger partial charge is 0.320 e. The second kappa shape index (κ2) is 17.8. The number of amides is 2. The highest BCUT2D eigenvalue weighted by atomic mass is 16.7. The molecule has 1 aliphatic carbocycles. The summed E-state index contributed by atoms with van der Waals surface area (Å²) in [6, 6.07) is 18.9. The Morgan fingerprint density at radius 3 is 2.64 bits per heavy atom. The molecule has 4 heterocycles. The SMILES string of the molecule is CC1COCCN1c1nnc2ccc(OC3CCC(NC(=O)NC(CC(=N)C(C)(C)C)=Nc4cccc(OCCOC5CCCCO5)c4)c4ccccc43)cn12. The molecule has 2 fully saturated rings. The first-order valence-corrected chi connectivity index (χ1v) is 19.7. The number of aliphatic imine (C=N–C) groups is 1. The summed E-state index contributed by atoms with van der Waals surface area (Å²) in [4.78, 5) is 20.7. The molecular formula is C42H54N8O6. The van der Waals surface area contributed by atoms with E-state index in [9.17, 15) is 4.79 Å². The largest absolute Gasteiger partial charge is 0.491 e. The first-order chi connectivity index (χ1) is 27.1. The molecule has 2 amide bonds. The zero-order valence-electron chi connectivity index (χ0n) is 32.8. The standard InChI is InChI=1S/C42H54N8O6/c1-28-27-52-21-19-49(28)41-48-47-38-18-15-31(26-50(38)41)56-35-17-16-34(32-12-5-6-13-33(32)35)45-40(51)46-37(25-36(43)42(2,3)4)44-29-10-9-11-30(24-29)53-22-23-55-39-14-7-8-20-54-39/h5-6,9-13,15,18,24,26,28,34-35,39,43H,7-8,14,16-17,19-23,25,27H2,1-4H3,(H2,44,45,46,51). The van der Waals surface area contributed by atoms with Crippen molar-refractivity contribution in [3.05, 3.63) is 78.0 Å². The lowest BCUT2D eigenvalue weighted by Crippen LogP contribution is -2.44. The van der Waals surface area contributed by atoms with E-state index in [1.54, 1.807) is 0 Å². The van der Waals surface area contributed by atoms with Gasteiger partial charge in [0.05, 0.1) is 43.8 Å². The number of morpholine rings is 1. The van der Waals surface area contributed by atoms with Crippen molar-refractivity contribution in [3.8, 4) is 11.5 Å². The summed E-state index contributed by atoms with van der Waals surface area (Å²) in [5.41, 5.74) is 3.42. The molecule has 4 unspecified atom stereocenters. The lowest BCUT2D eigenvalue weighted by Gasteiger charge is -2.33. The molecule has 0 radical (unpaired) electrons. The number of hydrogen-bond donors (Lipinski definition) is 3. The van der Waals surface area contributed by atoms with E-state index in [2.05, 4.69) is 38.7 Å². The van der Waals surface area contributed by atoms with E-state index in [1.807, 2.05) is 86.0 Å². The first kappa shape index (κ1) is 39.2. The number of nitrogens with one attached hydrogen (secondary N) is 3. The molecule has 7 rings (SSSR count). The Kier molecular flexibility index (Phi) is 12.5. The van der Waals surface area contributed by atoms with Crippen LogP contribution in [0.15, 0.2) is 71.9 Å². The van der Waals surface area contributed by atoms with Crippen molar-refractivity contribution < 1.29 is 28.5 Å². The normalized spacial score (nSPS) is 21.6. The Balaban J connectivity index is 1.01. The average Bonchev–Trinajstić information content (AvgIpc) is 3.61. The summed E-state index contributed by atoms with van der Waals surface area (Å²) in [6.45, 7) is 11.6. The fraction of sp³-hybridized carbons (Fsp3) is 0.500. The number of urea groups is 1. The Morgan fingerprint density at radius 1 is 0.982 bits per heavy atom. The molecule has 0 saturated carbocycles. The molecule has 3 aliphatic rings. The molecule has 298 valence electrons. The number of pyridine rings is 1. The number of benzene rings is 2. The predicted octanol–water partition coefficient (Wildman–Crippen LogP) is 7.32. The maximum atomic E-state index is 13.7. The third kappa shape index (κ3) is 9.84. The monoisotopic (exact) mass is 766 g/mol. The highest BCUT2D eigenvalue weighted by Gasteiger charge is 2.31. The number of nitrogens with zero attached hydrogens (tertiary/aromatic N) is 5. The van der Waals surface area contributed by atoms with Gasteiger partial charge in [-0.1, -0.05) is 51.1 Å². The van der Waals surface area contributed by atoms with Crippen LogP contribution in [-0.2, 0) is 14.2 Å². The van der Waals surface area contributed by atoms with Crippen LogP contribution in [0, 0.1) is 10.8 Å². The Labute approximate surface area is 328 Å². The van der Waals surface area contributed by atoms with Crippen LogP contribution in [0.5, 0.6) is 11.5 Å². The number of carbonyl (C=O) groups is 1. The van der Waals surface area contributed by atoms with Crippen molar-refractivity contribution in [2.24, 2.45) is 10.4 Å². The molecule has 3 N–H and O–H groups in total. The number of ether oxygens (including phenoxy) is 5. The molecule has 2 aromatic carbocycles. The van der Waals surface area contributed by atoms with Crippen LogP contribution in [0.4, 0.5) is 16.4 Å². The number of fused-ring (bicyclic) bond motifs is 2. The second-order valence-corrected chi connectivity index (χ2v) is 15.7.